The Morgan fingerprint density at radius 2 is 1.82 bits per heavy atom. The molecule has 156 valence electrons. The van der Waals surface area contributed by atoms with Gasteiger partial charge in [0.15, 0.2) is 18.1 Å². The Hall–Kier alpha value is -2.16. The van der Waals surface area contributed by atoms with Gasteiger partial charge in [0.1, 0.15) is 0 Å². The summed E-state index contributed by atoms with van der Waals surface area (Å²) in [4.78, 5) is 16.7. The van der Waals surface area contributed by atoms with Crippen LogP contribution in [-0.4, -0.2) is 67.9 Å². The molecule has 2 fully saturated rings. The Labute approximate surface area is 162 Å². The van der Waals surface area contributed by atoms with Gasteiger partial charge in [0, 0.05) is 44.0 Å². The van der Waals surface area contributed by atoms with Gasteiger partial charge < -0.3 is 19.7 Å². The first-order chi connectivity index (χ1) is 13.4. The minimum Gasteiger partial charge on any atom is -0.493 e. The average molecular weight is 401 g/mol. The normalized spacial score (nSPS) is 18.9. The van der Waals surface area contributed by atoms with Crippen LogP contribution in [0.25, 0.3) is 0 Å². The summed E-state index contributed by atoms with van der Waals surface area (Å²) >= 11 is 0. The summed E-state index contributed by atoms with van der Waals surface area (Å²) in [7, 11) is 1.35. The highest BCUT2D eigenvalue weighted by Crippen LogP contribution is 2.32. The molecule has 1 saturated heterocycles. The molecule has 1 aliphatic heterocycles. The zero-order valence-corrected chi connectivity index (χ0v) is 15.9. The SMILES string of the molecule is COc1ccc(NC(=O)N2CCN(C3CCCC3)CC2)cc1OCC(F)(F)F. The molecule has 1 saturated carbocycles. The van der Waals surface area contributed by atoms with Gasteiger partial charge in [-0.25, -0.2) is 4.79 Å². The highest BCUT2D eigenvalue weighted by Gasteiger charge is 2.30. The number of piperazine rings is 1. The number of halogens is 3. The third-order valence-electron chi connectivity index (χ3n) is 5.25. The smallest absolute Gasteiger partial charge is 0.422 e. The second-order valence-corrected chi connectivity index (χ2v) is 7.16. The van der Waals surface area contributed by atoms with Gasteiger partial charge in [-0.15, -0.1) is 0 Å². The van der Waals surface area contributed by atoms with E-state index in [4.69, 9.17) is 9.47 Å². The molecule has 1 aromatic rings. The Balaban J connectivity index is 1.56. The first-order valence-electron chi connectivity index (χ1n) is 9.53. The van der Waals surface area contributed by atoms with Crippen molar-refractivity contribution in [1.29, 1.82) is 0 Å². The summed E-state index contributed by atoms with van der Waals surface area (Å²) in [5.74, 6) is 0.108. The number of amides is 2. The first-order valence-corrected chi connectivity index (χ1v) is 9.53. The lowest BCUT2D eigenvalue weighted by atomic mass is 10.2. The zero-order chi connectivity index (χ0) is 20.1. The Kier molecular flexibility index (Phi) is 6.53. The van der Waals surface area contributed by atoms with Crippen LogP contribution in [0, 0.1) is 0 Å². The largest absolute Gasteiger partial charge is 0.493 e. The fraction of sp³-hybridized carbons (Fsp3) is 0.632. The molecule has 9 heteroatoms. The van der Waals surface area contributed by atoms with E-state index in [9.17, 15) is 18.0 Å². The number of alkyl halides is 3. The summed E-state index contributed by atoms with van der Waals surface area (Å²) in [5.41, 5.74) is 0.362. The van der Waals surface area contributed by atoms with Crippen LogP contribution in [0.5, 0.6) is 11.5 Å². The summed E-state index contributed by atoms with van der Waals surface area (Å²) in [5, 5.41) is 2.74. The monoisotopic (exact) mass is 401 g/mol. The van der Waals surface area contributed by atoms with Gasteiger partial charge in [-0.1, -0.05) is 12.8 Å². The molecule has 0 spiro atoms. The van der Waals surface area contributed by atoms with Gasteiger partial charge in [0.05, 0.1) is 7.11 Å². The number of benzene rings is 1. The highest BCUT2D eigenvalue weighted by molar-refractivity contribution is 5.89. The standard InChI is InChI=1S/C19H26F3N3O3/c1-27-16-7-6-14(12-17(16)28-13-19(20,21)22)23-18(26)25-10-8-24(9-11-25)15-4-2-3-5-15/h6-7,12,15H,2-5,8-11,13H2,1H3,(H,23,26). The van der Waals surface area contributed by atoms with Crippen LogP contribution < -0.4 is 14.8 Å². The van der Waals surface area contributed by atoms with Crippen molar-refractivity contribution < 1.29 is 27.4 Å². The third-order valence-corrected chi connectivity index (χ3v) is 5.25. The van der Waals surface area contributed by atoms with Crippen molar-refractivity contribution in [2.24, 2.45) is 0 Å². The molecule has 6 nitrogen and oxygen atoms in total. The van der Waals surface area contributed by atoms with Crippen LogP contribution in [0.2, 0.25) is 0 Å². The first kappa shape index (κ1) is 20.6. The maximum absolute atomic E-state index is 12.5. The summed E-state index contributed by atoms with van der Waals surface area (Å²) in [6.45, 7) is 1.54. The summed E-state index contributed by atoms with van der Waals surface area (Å²) < 4.78 is 47.1. The van der Waals surface area contributed by atoms with Gasteiger partial charge in [0.2, 0.25) is 0 Å². The van der Waals surface area contributed by atoms with Crippen LogP contribution in [0.4, 0.5) is 23.7 Å². The van der Waals surface area contributed by atoms with E-state index >= 15 is 0 Å². The quantitative estimate of drug-likeness (QED) is 0.817. The summed E-state index contributed by atoms with van der Waals surface area (Å²) in [6, 6.07) is 4.76. The molecule has 0 unspecified atom stereocenters. The van der Waals surface area contributed by atoms with Gasteiger partial charge in [-0.2, -0.15) is 13.2 Å². The fourth-order valence-electron chi connectivity index (χ4n) is 3.79. The Morgan fingerprint density at radius 3 is 2.43 bits per heavy atom. The zero-order valence-electron chi connectivity index (χ0n) is 15.9. The molecular formula is C19H26F3N3O3. The van der Waals surface area contributed by atoms with Crippen molar-refractivity contribution in [3.8, 4) is 11.5 Å². The number of anilines is 1. The van der Waals surface area contributed by atoms with Crippen molar-refractivity contribution in [3.05, 3.63) is 18.2 Å². The molecule has 2 amide bonds. The molecule has 1 heterocycles. The second-order valence-electron chi connectivity index (χ2n) is 7.16. The maximum Gasteiger partial charge on any atom is 0.422 e. The van der Waals surface area contributed by atoms with Gasteiger partial charge in [-0.05, 0) is 25.0 Å². The van der Waals surface area contributed by atoms with Crippen molar-refractivity contribution in [3.63, 3.8) is 0 Å². The second kappa shape index (κ2) is 8.89. The van der Waals surface area contributed by atoms with Gasteiger partial charge in [-0.3, -0.25) is 4.90 Å². The van der Waals surface area contributed by atoms with Crippen LogP contribution in [0.3, 0.4) is 0 Å². The maximum atomic E-state index is 12.5. The van der Waals surface area contributed by atoms with E-state index in [2.05, 4.69) is 10.2 Å². The minimum absolute atomic E-state index is 0.0660. The van der Waals surface area contributed by atoms with Crippen molar-refractivity contribution >= 4 is 11.7 Å². The summed E-state index contributed by atoms with van der Waals surface area (Å²) in [6.07, 6.45) is 0.573. The lowest BCUT2D eigenvalue weighted by Gasteiger charge is -2.38. The number of hydrogen-bond acceptors (Lipinski definition) is 4. The van der Waals surface area contributed by atoms with Crippen LogP contribution in [0.1, 0.15) is 25.7 Å². The number of nitrogens with one attached hydrogen (secondary N) is 1. The molecular weight excluding hydrogens is 375 g/mol. The Bertz CT molecular complexity index is 670. The lowest BCUT2D eigenvalue weighted by Crippen LogP contribution is -2.52. The highest BCUT2D eigenvalue weighted by atomic mass is 19.4. The molecule has 0 bridgehead atoms. The number of hydrogen-bond donors (Lipinski definition) is 1. The van der Waals surface area contributed by atoms with Crippen LogP contribution in [0.15, 0.2) is 18.2 Å². The number of methoxy groups -OCH3 is 1. The topological polar surface area (TPSA) is 54.0 Å². The van der Waals surface area contributed by atoms with Crippen LogP contribution in [-0.2, 0) is 0 Å². The molecule has 1 N–H and O–H groups in total. The Morgan fingerprint density at radius 1 is 1.14 bits per heavy atom. The predicted octanol–water partition coefficient (Wildman–Crippen LogP) is 3.73. The fourth-order valence-corrected chi connectivity index (χ4v) is 3.79. The van der Waals surface area contributed by atoms with Crippen molar-refractivity contribution in [2.75, 3.05) is 45.2 Å². The molecule has 2 aliphatic rings. The average Bonchev–Trinajstić information content (AvgIpc) is 3.21. The van der Waals surface area contributed by atoms with E-state index in [0.717, 1.165) is 13.1 Å². The number of carbonyl (C=O) groups is 1. The van der Waals surface area contributed by atoms with E-state index in [1.54, 1.807) is 11.0 Å². The molecule has 3 rings (SSSR count). The van der Waals surface area contributed by atoms with E-state index in [-0.39, 0.29) is 17.5 Å². The number of rotatable bonds is 5. The van der Waals surface area contributed by atoms with Crippen LogP contribution >= 0.6 is 0 Å². The number of carbonyl (C=O) groups excluding carboxylic acids is 1. The molecule has 1 aromatic carbocycles. The molecule has 28 heavy (non-hydrogen) atoms. The molecule has 0 atom stereocenters. The van der Waals surface area contributed by atoms with E-state index in [0.29, 0.717) is 24.8 Å². The minimum atomic E-state index is -4.46. The van der Waals surface area contributed by atoms with E-state index in [1.807, 2.05) is 0 Å². The van der Waals surface area contributed by atoms with E-state index < -0.39 is 12.8 Å². The van der Waals surface area contributed by atoms with Crippen molar-refractivity contribution in [1.82, 2.24) is 9.80 Å². The molecule has 0 radical (unpaired) electrons. The molecule has 0 aromatic heterocycles. The lowest BCUT2D eigenvalue weighted by molar-refractivity contribution is -0.153. The third kappa shape index (κ3) is 5.43. The predicted molar refractivity (Wildman–Crippen MR) is 99.0 cm³/mol. The van der Waals surface area contributed by atoms with Crippen molar-refractivity contribution in [2.45, 2.75) is 37.9 Å². The number of nitrogens with zero attached hydrogens (tertiary/aromatic N) is 2. The van der Waals surface area contributed by atoms with Gasteiger partial charge >= 0.3 is 12.2 Å². The number of ether oxygens (including phenoxy) is 2. The molecule has 1 aliphatic carbocycles. The van der Waals surface area contributed by atoms with E-state index in [1.165, 1.54) is 44.9 Å². The number of urea groups is 1. The van der Waals surface area contributed by atoms with Gasteiger partial charge in [0.25, 0.3) is 0 Å².